The predicted octanol–water partition coefficient (Wildman–Crippen LogP) is 4.18. The number of benzene rings is 1. The van der Waals surface area contributed by atoms with Crippen molar-refractivity contribution in [1.82, 2.24) is 4.98 Å². The smallest absolute Gasteiger partial charge is 0.339 e. The van der Waals surface area contributed by atoms with E-state index in [1.165, 1.54) is 24.9 Å². The summed E-state index contributed by atoms with van der Waals surface area (Å²) in [6.45, 7) is 7.94. The molecule has 2 heterocycles. The molecule has 1 saturated carbocycles. The van der Waals surface area contributed by atoms with Crippen molar-refractivity contribution in [2.45, 2.75) is 45.6 Å². The maximum atomic E-state index is 12.5. The Bertz CT molecular complexity index is 795. The summed E-state index contributed by atoms with van der Waals surface area (Å²) in [5, 5.41) is 0.874. The lowest BCUT2D eigenvalue weighted by Gasteiger charge is -2.57. The molecule has 126 valence electrons. The lowest BCUT2D eigenvalue weighted by atomic mass is 9.63. The van der Waals surface area contributed by atoms with Gasteiger partial charge in [-0.1, -0.05) is 6.42 Å². The van der Waals surface area contributed by atoms with Gasteiger partial charge in [-0.15, -0.1) is 0 Å². The topological polar surface area (TPSA) is 42.4 Å². The molecule has 0 amide bonds. The van der Waals surface area contributed by atoms with E-state index in [4.69, 9.17) is 4.74 Å². The third kappa shape index (κ3) is 2.64. The molecular formula is C20H24N2O2. The molecule has 0 radical (unpaired) electrons. The Kier molecular flexibility index (Phi) is 3.34. The fourth-order valence-electron chi connectivity index (χ4n) is 3.78. The van der Waals surface area contributed by atoms with Crippen molar-refractivity contribution in [3.8, 4) is 0 Å². The number of anilines is 1. The van der Waals surface area contributed by atoms with Crippen LogP contribution in [0.4, 0.5) is 5.69 Å². The second-order valence-electron chi connectivity index (χ2n) is 8.27. The summed E-state index contributed by atoms with van der Waals surface area (Å²) in [4.78, 5) is 19.3. The molecule has 2 fully saturated rings. The standard InChI is InChI=1S/C20H24N2O2/c1-19(2,3)24-18(23)15-7-10-21-17-6-5-14(11-16(15)17)22-12-20(13-22)8-4-9-20/h5-7,10-11H,4,8-9,12-13H2,1-3H3. The van der Waals surface area contributed by atoms with E-state index in [9.17, 15) is 4.79 Å². The van der Waals surface area contributed by atoms with Crippen LogP contribution >= 0.6 is 0 Å². The number of esters is 1. The normalized spacial score (nSPS) is 19.0. The third-order valence-electron chi connectivity index (χ3n) is 5.18. The molecule has 0 bridgehead atoms. The Morgan fingerprint density at radius 3 is 2.58 bits per heavy atom. The van der Waals surface area contributed by atoms with E-state index in [0.717, 1.165) is 24.0 Å². The van der Waals surface area contributed by atoms with E-state index in [-0.39, 0.29) is 5.97 Å². The number of carbonyl (C=O) groups excluding carboxylic acids is 1. The van der Waals surface area contributed by atoms with Gasteiger partial charge in [0.1, 0.15) is 5.60 Å². The number of pyridine rings is 1. The number of aromatic nitrogens is 1. The number of carbonyl (C=O) groups is 1. The fraction of sp³-hybridized carbons (Fsp3) is 0.500. The molecule has 4 rings (SSSR count). The van der Waals surface area contributed by atoms with Crippen LogP contribution in [0.1, 0.15) is 50.4 Å². The van der Waals surface area contributed by atoms with Crippen LogP contribution in [0.3, 0.4) is 0 Å². The number of hydrogen-bond acceptors (Lipinski definition) is 4. The van der Waals surface area contributed by atoms with Gasteiger partial charge in [0.2, 0.25) is 0 Å². The minimum Gasteiger partial charge on any atom is -0.456 e. The highest BCUT2D eigenvalue weighted by Gasteiger charge is 2.47. The van der Waals surface area contributed by atoms with Crippen LogP contribution in [0.5, 0.6) is 0 Å². The van der Waals surface area contributed by atoms with Crippen molar-refractivity contribution in [3.63, 3.8) is 0 Å². The Hall–Kier alpha value is -2.10. The van der Waals surface area contributed by atoms with Crippen molar-refractivity contribution in [1.29, 1.82) is 0 Å². The SMILES string of the molecule is CC(C)(C)OC(=O)c1ccnc2ccc(N3CC4(CCC4)C3)cc12. The Balaban J connectivity index is 1.65. The molecular weight excluding hydrogens is 300 g/mol. The monoisotopic (exact) mass is 324 g/mol. The molecule has 1 aromatic heterocycles. The van der Waals surface area contributed by atoms with Crippen LogP contribution in [0.15, 0.2) is 30.5 Å². The zero-order valence-corrected chi connectivity index (χ0v) is 14.6. The molecule has 1 aliphatic heterocycles. The molecule has 0 unspecified atom stereocenters. The zero-order chi connectivity index (χ0) is 16.9. The average Bonchev–Trinajstić information content (AvgIpc) is 2.41. The summed E-state index contributed by atoms with van der Waals surface area (Å²) in [7, 11) is 0. The highest BCUT2D eigenvalue weighted by atomic mass is 16.6. The van der Waals surface area contributed by atoms with Crippen LogP contribution in [-0.4, -0.2) is 29.6 Å². The molecule has 0 N–H and O–H groups in total. The van der Waals surface area contributed by atoms with Gasteiger partial charge >= 0.3 is 5.97 Å². The quantitative estimate of drug-likeness (QED) is 0.777. The molecule has 4 heteroatoms. The average molecular weight is 324 g/mol. The largest absolute Gasteiger partial charge is 0.456 e. The van der Waals surface area contributed by atoms with Gasteiger partial charge in [0, 0.05) is 35.8 Å². The molecule has 1 saturated heterocycles. The van der Waals surface area contributed by atoms with Gasteiger partial charge in [-0.25, -0.2) is 4.79 Å². The third-order valence-corrected chi connectivity index (χ3v) is 5.18. The van der Waals surface area contributed by atoms with Gasteiger partial charge in [-0.05, 0) is 57.9 Å². The van der Waals surface area contributed by atoms with Gasteiger partial charge < -0.3 is 9.64 Å². The second-order valence-corrected chi connectivity index (χ2v) is 8.27. The van der Waals surface area contributed by atoms with E-state index in [2.05, 4.69) is 22.0 Å². The number of rotatable bonds is 2. The lowest BCUT2D eigenvalue weighted by molar-refractivity contribution is 0.00717. The summed E-state index contributed by atoms with van der Waals surface area (Å²) in [6.07, 6.45) is 5.77. The van der Waals surface area contributed by atoms with Crippen molar-refractivity contribution in [2.75, 3.05) is 18.0 Å². The lowest BCUT2D eigenvalue weighted by Crippen LogP contribution is -2.59. The summed E-state index contributed by atoms with van der Waals surface area (Å²) in [5.74, 6) is -0.286. The van der Waals surface area contributed by atoms with E-state index in [1.54, 1.807) is 12.3 Å². The second kappa shape index (κ2) is 5.20. The van der Waals surface area contributed by atoms with Gasteiger partial charge in [0.15, 0.2) is 0 Å². The van der Waals surface area contributed by atoms with Crippen molar-refractivity contribution in [2.24, 2.45) is 5.41 Å². The Morgan fingerprint density at radius 1 is 1.21 bits per heavy atom. The van der Waals surface area contributed by atoms with Crippen LogP contribution in [-0.2, 0) is 4.74 Å². The van der Waals surface area contributed by atoms with E-state index < -0.39 is 5.60 Å². The first kappa shape index (κ1) is 15.4. The number of fused-ring (bicyclic) bond motifs is 1. The van der Waals surface area contributed by atoms with Crippen LogP contribution < -0.4 is 4.90 Å². The van der Waals surface area contributed by atoms with E-state index >= 15 is 0 Å². The van der Waals surface area contributed by atoms with Gasteiger partial charge in [0.25, 0.3) is 0 Å². The first-order valence-corrected chi connectivity index (χ1v) is 8.72. The molecule has 2 aliphatic rings. The van der Waals surface area contributed by atoms with Crippen LogP contribution in [0.2, 0.25) is 0 Å². The van der Waals surface area contributed by atoms with Crippen molar-refractivity contribution in [3.05, 3.63) is 36.0 Å². The van der Waals surface area contributed by atoms with Gasteiger partial charge in [-0.2, -0.15) is 0 Å². The first-order chi connectivity index (χ1) is 11.4. The van der Waals surface area contributed by atoms with Crippen LogP contribution in [0, 0.1) is 5.41 Å². The van der Waals surface area contributed by atoms with Crippen LogP contribution in [0.25, 0.3) is 10.9 Å². The number of nitrogens with zero attached hydrogens (tertiary/aromatic N) is 2. The van der Waals surface area contributed by atoms with Crippen molar-refractivity contribution >= 4 is 22.6 Å². The predicted molar refractivity (Wildman–Crippen MR) is 95.4 cm³/mol. The molecule has 1 aliphatic carbocycles. The zero-order valence-electron chi connectivity index (χ0n) is 14.6. The number of hydrogen-bond donors (Lipinski definition) is 0. The summed E-state index contributed by atoms with van der Waals surface area (Å²) in [6, 6.07) is 7.96. The molecule has 4 nitrogen and oxygen atoms in total. The molecule has 1 aromatic carbocycles. The fourth-order valence-corrected chi connectivity index (χ4v) is 3.78. The first-order valence-electron chi connectivity index (χ1n) is 8.72. The molecule has 1 spiro atoms. The minimum atomic E-state index is -0.502. The molecule has 24 heavy (non-hydrogen) atoms. The number of ether oxygens (including phenoxy) is 1. The Morgan fingerprint density at radius 2 is 1.96 bits per heavy atom. The molecule has 0 atom stereocenters. The van der Waals surface area contributed by atoms with Gasteiger partial charge in [0.05, 0.1) is 11.1 Å². The molecule has 2 aromatic rings. The Labute approximate surface area is 142 Å². The maximum absolute atomic E-state index is 12.5. The summed E-state index contributed by atoms with van der Waals surface area (Å²) >= 11 is 0. The highest BCUT2D eigenvalue weighted by Crippen LogP contribution is 2.49. The van der Waals surface area contributed by atoms with E-state index in [0.29, 0.717) is 11.0 Å². The maximum Gasteiger partial charge on any atom is 0.339 e. The van der Waals surface area contributed by atoms with Crippen molar-refractivity contribution < 1.29 is 9.53 Å². The summed E-state index contributed by atoms with van der Waals surface area (Å²) < 4.78 is 5.55. The van der Waals surface area contributed by atoms with Gasteiger partial charge in [-0.3, -0.25) is 4.98 Å². The van der Waals surface area contributed by atoms with E-state index in [1.807, 2.05) is 26.8 Å². The summed E-state index contributed by atoms with van der Waals surface area (Å²) in [5.41, 5.74) is 2.69. The highest BCUT2D eigenvalue weighted by molar-refractivity contribution is 6.04. The minimum absolute atomic E-state index is 0.286.